The molecule has 0 aromatic carbocycles. The Morgan fingerprint density at radius 2 is 2.00 bits per heavy atom. The number of aliphatic hydroxyl groups is 1. The third kappa shape index (κ3) is 4.00. The van der Waals surface area contributed by atoms with E-state index < -0.39 is 22.8 Å². The van der Waals surface area contributed by atoms with E-state index in [0.717, 1.165) is 0 Å². The summed E-state index contributed by atoms with van der Waals surface area (Å²) in [7, 11) is 0. The summed E-state index contributed by atoms with van der Waals surface area (Å²) in [5.74, 6) is -0.0928. The minimum absolute atomic E-state index is 0.0370. The first-order valence-corrected chi connectivity index (χ1v) is 7.64. The summed E-state index contributed by atoms with van der Waals surface area (Å²) in [4.78, 5) is 11.6. The highest BCUT2D eigenvalue weighted by atomic mass is 19.4. The molecule has 0 aromatic heterocycles. The second-order valence-electron chi connectivity index (χ2n) is 6.73. The zero-order valence-corrected chi connectivity index (χ0v) is 13.7. The van der Waals surface area contributed by atoms with Crippen molar-refractivity contribution < 1.29 is 23.1 Å². The Morgan fingerprint density at radius 3 is 2.45 bits per heavy atom. The number of carbonyl (C=O) groups excluding carboxylic acids is 1. The lowest BCUT2D eigenvalue weighted by Crippen LogP contribution is -2.49. The molecule has 1 aliphatic carbocycles. The fraction of sp³-hybridized carbons (Fsp3) is 0.706. The number of ketones is 1. The maximum absolute atomic E-state index is 13.1. The van der Waals surface area contributed by atoms with Gasteiger partial charge >= 0.3 is 6.18 Å². The molecule has 22 heavy (non-hydrogen) atoms. The zero-order valence-electron chi connectivity index (χ0n) is 13.7. The molecule has 1 atom stereocenters. The summed E-state index contributed by atoms with van der Waals surface area (Å²) < 4.78 is 39.2. The van der Waals surface area contributed by atoms with Crippen LogP contribution < -0.4 is 0 Å². The van der Waals surface area contributed by atoms with Crippen molar-refractivity contribution in [1.29, 1.82) is 0 Å². The molecule has 1 unspecified atom stereocenters. The van der Waals surface area contributed by atoms with Gasteiger partial charge in [-0.05, 0) is 37.8 Å². The molecule has 0 bridgehead atoms. The Hall–Kier alpha value is -1.10. The number of alkyl halides is 3. The van der Waals surface area contributed by atoms with Crippen molar-refractivity contribution in [2.75, 3.05) is 0 Å². The lowest BCUT2D eigenvalue weighted by molar-refractivity contribution is -0.125. The molecule has 126 valence electrons. The molecular weight excluding hydrogens is 293 g/mol. The molecule has 0 fully saturated rings. The number of halogens is 3. The molecule has 0 radical (unpaired) electrons. The van der Waals surface area contributed by atoms with Crippen molar-refractivity contribution in [3.8, 4) is 0 Å². The van der Waals surface area contributed by atoms with Crippen LogP contribution in [0.25, 0.3) is 0 Å². The molecular formula is C17H25F3O2. The molecule has 5 heteroatoms. The van der Waals surface area contributed by atoms with Crippen LogP contribution in [-0.2, 0) is 4.79 Å². The third-order valence-corrected chi connectivity index (χ3v) is 4.57. The van der Waals surface area contributed by atoms with E-state index in [4.69, 9.17) is 0 Å². The van der Waals surface area contributed by atoms with E-state index in [1.54, 1.807) is 20.8 Å². The van der Waals surface area contributed by atoms with Gasteiger partial charge in [-0.2, -0.15) is 13.2 Å². The molecule has 0 amide bonds. The fourth-order valence-corrected chi connectivity index (χ4v) is 3.06. The Labute approximate surface area is 130 Å². The van der Waals surface area contributed by atoms with Crippen LogP contribution in [0.5, 0.6) is 0 Å². The van der Waals surface area contributed by atoms with Gasteiger partial charge in [0.2, 0.25) is 0 Å². The predicted molar refractivity (Wildman–Crippen MR) is 80.4 cm³/mol. The number of unbranched alkanes of at least 4 members (excludes halogenated alkanes) is 1. The molecule has 0 heterocycles. The van der Waals surface area contributed by atoms with Crippen LogP contribution in [0.4, 0.5) is 13.2 Å². The topological polar surface area (TPSA) is 37.3 Å². The highest BCUT2D eigenvalue weighted by molar-refractivity contribution is 5.92. The fourth-order valence-electron chi connectivity index (χ4n) is 3.06. The van der Waals surface area contributed by atoms with E-state index in [0.29, 0.717) is 18.4 Å². The summed E-state index contributed by atoms with van der Waals surface area (Å²) in [5.41, 5.74) is -2.31. The number of rotatable bonds is 5. The van der Waals surface area contributed by atoms with E-state index in [1.165, 1.54) is 12.2 Å². The second kappa shape index (κ2) is 6.57. The van der Waals surface area contributed by atoms with Crippen LogP contribution in [0.2, 0.25) is 0 Å². The molecule has 0 saturated heterocycles. The largest absolute Gasteiger partial charge is 0.412 e. The van der Waals surface area contributed by atoms with Crippen LogP contribution in [0, 0.1) is 5.41 Å². The summed E-state index contributed by atoms with van der Waals surface area (Å²) in [5, 5.41) is 10.9. The van der Waals surface area contributed by atoms with Gasteiger partial charge in [-0.3, -0.25) is 4.79 Å². The van der Waals surface area contributed by atoms with Gasteiger partial charge in [0.05, 0.1) is 5.60 Å². The Morgan fingerprint density at radius 1 is 1.41 bits per heavy atom. The lowest BCUT2D eigenvalue weighted by atomic mass is 9.63. The Kier molecular flexibility index (Phi) is 5.66. The van der Waals surface area contributed by atoms with Crippen LogP contribution in [0.1, 0.15) is 59.8 Å². The first kappa shape index (κ1) is 18.9. The zero-order chi connectivity index (χ0) is 17.2. The second-order valence-corrected chi connectivity index (χ2v) is 6.73. The van der Waals surface area contributed by atoms with E-state index in [-0.39, 0.29) is 25.0 Å². The van der Waals surface area contributed by atoms with Crippen LogP contribution in [0.3, 0.4) is 0 Å². The maximum Gasteiger partial charge on any atom is 0.412 e. The Balaban J connectivity index is 3.01. The third-order valence-electron chi connectivity index (χ3n) is 4.57. The Bertz CT molecular complexity index is 487. The monoisotopic (exact) mass is 318 g/mol. The molecule has 1 aliphatic rings. The van der Waals surface area contributed by atoms with Crippen LogP contribution >= 0.6 is 0 Å². The van der Waals surface area contributed by atoms with Crippen LogP contribution in [0.15, 0.2) is 23.3 Å². The van der Waals surface area contributed by atoms with Gasteiger partial charge in [-0.25, -0.2) is 0 Å². The van der Waals surface area contributed by atoms with Crippen molar-refractivity contribution in [1.82, 2.24) is 0 Å². The lowest BCUT2D eigenvalue weighted by Gasteiger charge is -2.46. The number of hydrogen-bond acceptors (Lipinski definition) is 2. The van der Waals surface area contributed by atoms with Gasteiger partial charge in [0.1, 0.15) is 0 Å². The highest BCUT2D eigenvalue weighted by Gasteiger charge is 2.48. The van der Waals surface area contributed by atoms with Crippen molar-refractivity contribution in [3.05, 3.63) is 23.3 Å². The number of allylic oxidation sites excluding steroid dienone is 3. The summed E-state index contributed by atoms with van der Waals surface area (Å²) in [6.45, 7) is 6.89. The predicted octanol–water partition coefficient (Wildman–Crippen LogP) is 4.73. The van der Waals surface area contributed by atoms with E-state index in [2.05, 4.69) is 0 Å². The van der Waals surface area contributed by atoms with Gasteiger partial charge in [0.25, 0.3) is 0 Å². The molecule has 1 rings (SSSR count). The first-order chi connectivity index (χ1) is 9.94. The quantitative estimate of drug-likeness (QED) is 0.744. The molecule has 0 aliphatic heterocycles. The highest BCUT2D eigenvalue weighted by Crippen LogP contribution is 2.47. The maximum atomic E-state index is 13.1. The minimum atomic E-state index is -4.38. The van der Waals surface area contributed by atoms with Gasteiger partial charge in [0, 0.05) is 17.4 Å². The number of carbonyl (C=O) groups is 1. The van der Waals surface area contributed by atoms with Crippen molar-refractivity contribution in [3.63, 3.8) is 0 Å². The van der Waals surface area contributed by atoms with Crippen molar-refractivity contribution in [2.24, 2.45) is 5.41 Å². The van der Waals surface area contributed by atoms with E-state index >= 15 is 0 Å². The molecule has 2 nitrogen and oxygen atoms in total. The minimum Gasteiger partial charge on any atom is -0.385 e. The van der Waals surface area contributed by atoms with E-state index in [1.807, 2.05) is 6.92 Å². The SMILES string of the molecule is CCC/C=C(\CCC1(O)C(C)=CC(=O)CC1(C)C)C(F)(F)F. The van der Waals surface area contributed by atoms with Gasteiger partial charge in [-0.15, -0.1) is 0 Å². The molecule has 0 saturated carbocycles. The molecule has 0 aromatic rings. The summed E-state index contributed by atoms with van der Waals surface area (Å²) >= 11 is 0. The van der Waals surface area contributed by atoms with Gasteiger partial charge in [0.15, 0.2) is 5.78 Å². The molecule has 0 spiro atoms. The van der Waals surface area contributed by atoms with Gasteiger partial charge < -0.3 is 5.11 Å². The summed E-state index contributed by atoms with van der Waals surface area (Å²) in [6, 6.07) is 0. The van der Waals surface area contributed by atoms with Crippen molar-refractivity contribution in [2.45, 2.75) is 71.6 Å². The molecule has 1 N–H and O–H groups in total. The summed E-state index contributed by atoms with van der Waals surface area (Å²) in [6.07, 6.45) is -0.948. The average molecular weight is 318 g/mol. The standard InChI is InChI=1S/C17H25F3O2/c1-5-6-7-13(17(18,19)20)8-9-16(22)12(2)10-14(21)11-15(16,3)4/h7,10,22H,5-6,8-9,11H2,1-4H3/b13-7+. The van der Waals surface area contributed by atoms with E-state index in [9.17, 15) is 23.1 Å². The normalized spacial score (nSPS) is 26.1. The number of hydrogen-bond donors (Lipinski definition) is 1. The van der Waals surface area contributed by atoms with Gasteiger partial charge in [-0.1, -0.05) is 33.3 Å². The van der Waals surface area contributed by atoms with Crippen molar-refractivity contribution >= 4 is 5.78 Å². The smallest absolute Gasteiger partial charge is 0.385 e. The first-order valence-electron chi connectivity index (χ1n) is 7.64. The average Bonchev–Trinajstić information content (AvgIpc) is 2.34. The van der Waals surface area contributed by atoms with Crippen LogP contribution in [-0.4, -0.2) is 22.7 Å².